The molecule has 0 aliphatic carbocycles. The van der Waals surface area contributed by atoms with Crippen molar-refractivity contribution in [1.82, 2.24) is 9.62 Å². The lowest BCUT2D eigenvalue weighted by molar-refractivity contribution is -0.126. The van der Waals surface area contributed by atoms with E-state index in [4.69, 9.17) is 11.6 Å². The number of carbonyl (C=O) groups excluding carboxylic acids is 1. The highest BCUT2D eigenvalue weighted by Crippen LogP contribution is 2.30. The van der Waals surface area contributed by atoms with E-state index in [-0.39, 0.29) is 18.0 Å². The molecule has 0 saturated carbocycles. The Balaban J connectivity index is 2.04. The molecule has 8 heteroatoms. The summed E-state index contributed by atoms with van der Waals surface area (Å²) in [5.74, 6) is -0.936. The van der Waals surface area contributed by atoms with Gasteiger partial charge < -0.3 is 5.32 Å². The van der Waals surface area contributed by atoms with Gasteiger partial charge in [-0.25, -0.2) is 12.8 Å². The number of sulfonamides is 1. The summed E-state index contributed by atoms with van der Waals surface area (Å²) in [6.45, 7) is 0.335. The fraction of sp³-hybridized carbons (Fsp3) is 0.188. The Bertz CT molecular complexity index is 854. The molecule has 1 aliphatic heterocycles. The first-order valence-corrected chi connectivity index (χ1v) is 9.02. The third-order valence-corrected chi connectivity index (χ3v) is 5.90. The van der Waals surface area contributed by atoms with Crippen LogP contribution in [0.15, 0.2) is 53.4 Å². The molecule has 1 unspecified atom stereocenters. The number of carbonyl (C=O) groups is 1. The fourth-order valence-electron chi connectivity index (χ4n) is 2.61. The number of hydrogen-bond donors (Lipinski definition) is 1. The van der Waals surface area contributed by atoms with E-state index >= 15 is 0 Å². The highest BCUT2D eigenvalue weighted by Gasteiger charge is 2.39. The Kier molecular flexibility index (Phi) is 4.58. The zero-order valence-electron chi connectivity index (χ0n) is 12.4. The molecule has 1 aliphatic rings. The van der Waals surface area contributed by atoms with Crippen molar-refractivity contribution in [3.63, 3.8) is 0 Å². The molecule has 1 heterocycles. The van der Waals surface area contributed by atoms with Crippen molar-refractivity contribution in [3.05, 3.63) is 64.9 Å². The predicted molar refractivity (Wildman–Crippen MR) is 87.5 cm³/mol. The van der Waals surface area contributed by atoms with Gasteiger partial charge in [0.1, 0.15) is 11.9 Å². The quantitative estimate of drug-likeness (QED) is 0.904. The Morgan fingerprint density at radius 2 is 1.71 bits per heavy atom. The minimum absolute atomic E-state index is 0.0578. The van der Waals surface area contributed by atoms with Crippen LogP contribution in [0.4, 0.5) is 4.39 Å². The van der Waals surface area contributed by atoms with E-state index in [0.29, 0.717) is 10.6 Å². The van der Waals surface area contributed by atoms with Crippen molar-refractivity contribution in [1.29, 1.82) is 0 Å². The summed E-state index contributed by atoms with van der Waals surface area (Å²) in [5.41, 5.74) is 0.516. The Labute approximate surface area is 144 Å². The first-order chi connectivity index (χ1) is 11.4. The number of nitrogens with zero attached hydrogens (tertiary/aromatic N) is 1. The average Bonchev–Trinajstić information content (AvgIpc) is 2.56. The lowest BCUT2D eigenvalue weighted by Gasteiger charge is -2.34. The molecule has 0 aromatic heterocycles. The van der Waals surface area contributed by atoms with Crippen molar-refractivity contribution >= 4 is 27.5 Å². The van der Waals surface area contributed by atoms with Crippen LogP contribution >= 0.6 is 11.6 Å². The molecule has 0 radical (unpaired) electrons. The number of nitrogens with one attached hydrogen (secondary N) is 1. The Morgan fingerprint density at radius 3 is 2.33 bits per heavy atom. The first kappa shape index (κ1) is 16.9. The number of hydrogen-bond acceptors (Lipinski definition) is 3. The molecule has 1 fully saturated rings. The molecule has 3 rings (SSSR count). The molecule has 126 valence electrons. The van der Waals surface area contributed by atoms with E-state index in [1.807, 2.05) is 0 Å². The van der Waals surface area contributed by atoms with Crippen molar-refractivity contribution in [2.24, 2.45) is 0 Å². The van der Waals surface area contributed by atoms with Crippen LogP contribution in [-0.2, 0) is 14.8 Å². The predicted octanol–water partition coefficient (Wildman–Crippen LogP) is 2.34. The molecule has 5 nitrogen and oxygen atoms in total. The van der Waals surface area contributed by atoms with Gasteiger partial charge in [0.25, 0.3) is 0 Å². The lowest BCUT2D eigenvalue weighted by Crippen LogP contribution is -2.52. The van der Waals surface area contributed by atoms with E-state index in [9.17, 15) is 17.6 Å². The van der Waals surface area contributed by atoms with Gasteiger partial charge in [-0.2, -0.15) is 4.31 Å². The summed E-state index contributed by atoms with van der Waals surface area (Å²) >= 11 is 5.86. The second kappa shape index (κ2) is 6.51. The normalized spacial score (nSPS) is 19.1. The number of amides is 1. The molecule has 0 spiro atoms. The van der Waals surface area contributed by atoms with Crippen molar-refractivity contribution < 1.29 is 17.6 Å². The number of benzene rings is 2. The van der Waals surface area contributed by atoms with Crippen LogP contribution < -0.4 is 5.32 Å². The van der Waals surface area contributed by atoms with Gasteiger partial charge in [0.2, 0.25) is 15.9 Å². The second-order valence-electron chi connectivity index (χ2n) is 5.31. The van der Waals surface area contributed by atoms with Gasteiger partial charge in [-0.15, -0.1) is 0 Å². The van der Waals surface area contributed by atoms with Gasteiger partial charge in [0, 0.05) is 18.1 Å². The van der Waals surface area contributed by atoms with Crippen LogP contribution in [0.5, 0.6) is 0 Å². The summed E-state index contributed by atoms with van der Waals surface area (Å²) in [6, 6.07) is 9.97. The molecule has 1 amide bonds. The third-order valence-electron chi connectivity index (χ3n) is 3.77. The molecule has 1 N–H and O–H groups in total. The fourth-order valence-corrected chi connectivity index (χ4v) is 4.31. The number of piperazine rings is 1. The summed E-state index contributed by atoms with van der Waals surface area (Å²) in [6.07, 6.45) is 0. The highest BCUT2D eigenvalue weighted by atomic mass is 35.5. The van der Waals surface area contributed by atoms with Crippen LogP contribution in [-0.4, -0.2) is 31.7 Å². The average molecular weight is 369 g/mol. The van der Waals surface area contributed by atoms with Crippen molar-refractivity contribution in [2.45, 2.75) is 10.9 Å². The molecule has 1 saturated heterocycles. The largest absolute Gasteiger partial charge is 0.353 e. The highest BCUT2D eigenvalue weighted by molar-refractivity contribution is 7.89. The zero-order valence-corrected chi connectivity index (χ0v) is 14.0. The second-order valence-corrected chi connectivity index (χ2v) is 7.64. The number of halogens is 2. The molecular formula is C16H14ClFN2O3S. The van der Waals surface area contributed by atoms with E-state index in [1.165, 1.54) is 12.1 Å². The molecule has 2 aromatic carbocycles. The maximum absolute atomic E-state index is 13.1. The van der Waals surface area contributed by atoms with E-state index in [1.54, 1.807) is 24.3 Å². The molecule has 0 bridgehead atoms. The molecule has 24 heavy (non-hydrogen) atoms. The zero-order chi connectivity index (χ0) is 17.3. The summed E-state index contributed by atoms with van der Waals surface area (Å²) in [4.78, 5) is 12.3. The summed E-state index contributed by atoms with van der Waals surface area (Å²) < 4.78 is 40.0. The van der Waals surface area contributed by atoms with Gasteiger partial charge in [-0.3, -0.25) is 4.79 Å². The summed E-state index contributed by atoms with van der Waals surface area (Å²) in [5, 5.41) is 3.16. The van der Waals surface area contributed by atoms with Gasteiger partial charge in [0.05, 0.1) is 4.90 Å². The molecule has 2 aromatic rings. The van der Waals surface area contributed by atoms with Crippen LogP contribution in [0, 0.1) is 5.82 Å². The van der Waals surface area contributed by atoms with Crippen LogP contribution in [0.3, 0.4) is 0 Å². The van der Waals surface area contributed by atoms with Gasteiger partial charge >= 0.3 is 0 Å². The van der Waals surface area contributed by atoms with Crippen molar-refractivity contribution in [3.8, 4) is 0 Å². The topological polar surface area (TPSA) is 66.5 Å². The van der Waals surface area contributed by atoms with Crippen LogP contribution in [0.1, 0.15) is 11.6 Å². The number of rotatable bonds is 3. The lowest BCUT2D eigenvalue weighted by atomic mass is 10.1. The Hall–Kier alpha value is -1.96. The minimum atomic E-state index is -3.95. The summed E-state index contributed by atoms with van der Waals surface area (Å²) in [7, 11) is -3.95. The van der Waals surface area contributed by atoms with E-state index < -0.39 is 27.8 Å². The molecular weight excluding hydrogens is 355 g/mol. The smallest absolute Gasteiger partial charge is 0.244 e. The first-order valence-electron chi connectivity index (χ1n) is 7.20. The monoisotopic (exact) mass is 368 g/mol. The van der Waals surface area contributed by atoms with Crippen LogP contribution in [0.2, 0.25) is 5.02 Å². The maximum atomic E-state index is 13.1. The van der Waals surface area contributed by atoms with Crippen LogP contribution in [0.25, 0.3) is 0 Å². The third kappa shape index (κ3) is 3.15. The van der Waals surface area contributed by atoms with Gasteiger partial charge in [0.15, 0.2) is 0 Å². The Morgan fingerprint density at radius 1 is 1.08 bits per heavy atom. The van der Waals surface area contributed by atoms with Gasteiger partial charge in [-0.05, 0) is 42.0 Å². The minimum Gasteiger partial charge on any atom is -0.353 e. The van der Waals surface area contributed by atoms with Crippen molar-refractivity contribution in [2.75, 3.05) is 13.1 Å². The van der Waals surface area contributed by atoms with Gasteiger partial charge in [-0.1, -0.05) is 23.7 Å². The standard InChI is InChI=1S/C16H14ClFN2O3S/c17-12-3-1-11(2-4-12)15-16(21)19-9-10-20(15)24(22,23)14-7-5-13(18)6-8-14/h1-8,15H,9-10H2,(H,19,21). The molecule has 1 atom stereocenters. The maximum Gasteiger partial charge on any atom is 0.244 e. The van der Waals surface area contributed by atoms with E-state index in [0.717, 1.165) is 16.4 Å². The van der Waals surface area contributed by atoms with E-state index in [2.05, 4.69) is 5.32 Å². The SMILES string of the molecule is O=C1NCCN(S(=O)(=O)c2ccc(F)cc2)C1c1ccc(Cl)cc1.